The first-order chi connectivity index (χ1) is 5.54. The summed E-state index contributed by atoms with van der Waals surface area (Å²) in [5, 5.41) is -0.200. The third-order valence-corrected chi connectivity index (χ3v) is 4.26. The summed E-state index contributed by atoms with van der Waals surface area (Å²) >= 11 is 0. The molecule has 0 aromatic rings. The highest BCUT2D eigenvalue weighted by molar-refractivity contribution is 7.91. The van der Waals surface area contributed by atoms with Crippen LogP contribution < -0.4 is 5.73 Å². The zero-order valence-corrected chi connectivity index (χ0v) is 8.73. The second-order valence-electron chi connectivity index (χ2n) is 3.11. The molecule has 1 atom stereocenters. The third-order valence-electron chi connectivity index (χ3n) is 1.94. The van der Waals surface area contributed by atoms with Crippen LogP contribution in [0.5, 0.6) is 0 Å². The second-order valence-corrected chi connectivity index (χ2v) is 5.65. The van der Waals surface area contributed by atoms with Gasteiger partial charge in [0, 0.05) is 0 Å². The number of nitrogens with two attached hydrogens (primary N) is 1. The van der Waals surface area contributed by atoms with E-state index in [1.54, 1.807) is 6.92 Å². The van der Waals surface area contributed by atoms with E-state index >= 15 is 0 Å². The Morgan fingerprint density at radius 3 is 2.42 bits per heavy atom. The predicted molar refractivity (Wildman–Crippen MR) is 51.8 cm³/mol. The van der Waals surface area contributed by atoms with E-state index in [2.05, 4.69) is 0 Å². The highest BCUT2D eigenvalue weighted by Gasteiger charge is 2.18. The van der Waals surface area contributed by atoms with Crippen molar-refractivity contribution < 1.29 is 8.42 Å². The molecule has 0 radical (unpaired) electrons. The van der Waals surface area contributed by atoms with Crippen LogP contribution in [0.15, 0.2) is 0 Å². The number of sulfone groups is 1. The molecule has 0 aliphatic carbocycles. The lowest BCUT2D eigenvalue weighted by Gasteiger charge is -2.10. The molecule has 1 unspecified atom stereocenters. The fourth-order valence-electron chi connectivity index (χ4n) is 1.07. The standard InChI is InChI=1S/C8H19NO2S/c1-3-5-8(2)12(10,11)7-4-6-9/h8H,3-7,9H2,1-2H3. The van der Waals surface area contributed by atoms with Gasteiger partial charge >= 0.3 is 0 Å². The Hall–Kier alpha value is -0.0900. The van der Waals surface area contributed by atoms with E-state index < -0.39 is 9.84 Å². The van der Waals surface area contributed by atoms with E-state index in [-0.39, 0.29) is 11.0 Å². The van der Waals surface area contributed by atoms with Crippen molar-refractivity contribution in [1.82, 2.24) is 0 Å². The Kier molecular flexibility index (Phi) is 5.50. The average molecular weight is 193 g/mol. The minimum atomic E-state index is -2.86. The molecule has 0 amide bonds. The van der Waals surface area contributed by atoms with E-state index in [4.69, 9.17) is 5.73 Å². The van der Waals surface area contributed by atoms with Crippen LogP contribution in [0.4, 0.5) is 0 Å². The summed E-state index contributed by atoms with van der Waals surface area (Å²) in [5.74, 6) is 0.241. The topological polar surface area (TPSA) is 60.2 Å². The van der Waals surface area contributed by atoms with Crippen molar-refractivity contribution in [2.24, 2.45) is 5.73 Å². The van der Waals surface area contributed by atoms with Crippen LogP contribution in [0, 0.1) is 0 Å². The number of hydrogen-bond acceptors (Lipinski definition) is 3. The zero-order chi connectivity index (χ0) is 9.61. The molecule has 0 aliphatic rings. The van der Waals surface area contributed by atoms with Gasteiger partial charge in [-0.05, 0) is 26.3 Å². The lowest BCUT2D eigenvalue weighted by Crippen LogP contribution is -2.22. The lowest BCUT2D eigenvalue weighted by molar-refractivity contribution is 0.573. The highest BCUT2D eigenvalue weighted by Crippen LogP contribution is 2.09. The van der Waals surface area contributed by atoms with Gasteiger partial charge in [0.25, 0.3) is 0 Å². The molecule has 0 saturated carbocycles. The monoisotopic (exact) mass is 193 g/mol. The maximum Gasteiger partial charge on any atom is 0.152 e. The van der Waals surface area contributed by atoms with Crippen LogP contribution in [-0.4, -0.2) is 26.0 Å². The molecule has 0 heterocycles. The molecule has 2 N–H and O–H groups in total. The molecule has 0 aromatic carbocycles. The van der Waals surface area contributed by atoms with Crippen LogP contribution >= 0.6 is 0 Å². The molecule has 0 fully saturated rings. The van der Waals surface area contributed by atoms with Crippen molar-refractivity contribution in [2.75, 3.05) is 12.3 Å². The first-order valence-corrected chi connectivity index (χ1v) is 6.17. The van der Waals surface area contributed by atoms with Gasteiger partial charge in [-0.2, -0.15) is 0 Å². The largest absolute Gasteiger partial charge is 0.330 e. The molecule has 12 heavy (non-hydrogen) atoms. The zero-order valence-electron chi connectivity index (χ0n) is 7.91. The molecule has 0 bridgehead atoms. The van der Waals surface area contributed by atoms with Gasteiger partial charge in [-0.3, -0.25) is 0 Å². The maximum atomic E-state index is 11.4. The fourth-order valence-corrected chi connectivity index (χ4v) is 2.64. The van der Waals surface area contributed by atoms with Crippen molar-refractivity contribution >= 4 is 9.84 Å². The maximum absolute atomic E-state index is 11.4. The fraction of sp³-hybridized carbons (Fsp3) is 1.00. The smallest absolute Gasteiger partial charge is 0.152 e. The molecule has 4 heteroatoms. The van der Waals surface area contributed by atoms with Crippen LogP contribution in [0.1, 0.15) is 33.1 Å². The lowest BCUT2D eigenvalue weighted by atomic mass is 10.3. The summed E-state index contributed by atoms with van der Waals surface area (Å²) in [7, 11) is -2.86. The van der Waals surface area contributed by atoms with E-state index in [1.807, 2.05) is 6.92 Å². The van der Waals surface area contributed by atoms with Gasteiger partial charge < -0.3 is 5.73 Å². The van der Waals surface area contributed by atoms with E-state index in [9.17, 15) is 8.42 Å². The van der Waals surface area contributed by atoms with E-state index in [0.29, 0.717) is 13.0 Å². The minimum Gasteiger partial charge on any atom is -0.330 e. The van der Waals surface area contributed by atoms with Crippen molar-refractivity contribution in [3.8, 4) is 0 Å². The van der Waals surface area contributed by atoms with Gasteiger partial charge in [0.15, 0.2) is 9.84 Å². The summed E-state index contributed by atoms with van der Waals surface area (Å²) < 4.78 is 22.8. The molecule has 0 rings (SSSR count). The van der Waals surface area contributed by atoms with Crippen LogP contribution in [0.3, 0.4) is 0 Å². The normalized spacial score (nSPS) is 14.6. The van der Waals surface area contributed by atoms with Crippen molar-refractivity contribution in [2.45, 2.75) is 38.4 Å². The number of rotatable bonds is 6. The molecular weight excluding hydrogens is 174 g/mol. The van der Waals surface area contributed by atoms with Crippen molar-refractivity contribution in [1.29, 1.82) is 0 Å². The number of hydrogen-bond donors (Lipinski definition) is 1. The summed E-state index contributed by atoms with van der Waals surface area (Å²) in [5.41, 5.74) is 5.25. The molecule has 0 aromatic heterocycles. The van der Waals surface area contributed by atoms with Gasteiger partial charge in [-0.1, -0.05) is 13.3 Å². The van der Waals surface area contributed by atoms with Crippen molar-refractivity contribution in [3.63, 3.8) is 0 Å². The SMILES string of the molecule is CCCC(C)S(=O)(=O)CCCN. The first-order valence-electron chi connectivity index (χ1n) is 4.46. The summed E-state index contributed by atoms with van der Waals surface area (Å²) in [6.07, 6.45) is 2.26. The quantitative estimate of drug-likeness (QED) is 0.683. The average Bonchev–Trinajstić information content (AvgIpc) is 2.01. The molecule has 0 saturated heterocycles. The summed E-state index contributed by atoms with van der Waals surface area (Å²) in [4.78, 5) is 0. The molecule has 0 aliphatic heterocycles. The van der Waals surface area contributed by atoms with Gasteiger partial charge in [-0.15, -0.1) is 0 Å². The molecule has 3 nitrogen and oxygen atoms in total. The molecule has 74 valence electrons. The van der Waals surface area contributed by atoms with Gasteiger partial charge in [0.1, 0.15) is 0 Å². The van der Waals surface area contributed by atoms with Gasteiger partial charge in [0.2, 0.25) is 0 Å². The Bertz CT molecular complexity index is 199. The first kappa shape index (κ1) is 11.9. The van der Waals surface area contributed by atoms with Gasteiger partial charge in [-0.25, -0.2) is 8.42 Å². The second kappa shape index (κ2) is 5.54. The third kappa shape index (κ3) is 4.07. The van der Waals surface area contributed by atoms with Crippen LogP contribution in [0.2, 0.25) is 0 Å². The van der Waals surface area contributed by atoms with Crippen molar-refractivity contribution in [3.05, 3.63) is 0 Å². The Morgan fingerprint density at radius 1 is 1.42 bits per heavy atom. The van der Waals surface area contributed by atoms with Gasteiger partial charge in [0.05, 0.1) is 11.0 Å². The highest BCUT2D eigenvalue weighted by atomic mass is 32.2. The van der Waals surface area contributed by atoms with E-state index in [0.717, 1.165) is 12.8 Å². The van der Waals surface area contributed by atoms with Crippen LogP contribution in [0.25, 0.3) is 0 Å². The Labute approximate surface area is 75.3 Å². The molecular formula is C8H19NO2S. The Balaban J connectivity index is 4.01. The summed E-state index contributed by atoms with van der Waals surface area (Å²) in [6, 6.07) is 0. The summed E-state index contributed by atoms with van der Waals surface area (Å²) in [6.45, 7) is 4.22. The minimum absolute atomic E-state index is 0.200. The van der Waals surface area contributed by atoms with E-state index in [1.165, 1.54) is 0 Å². The Morgan fingerprint density at radius 2 is 2.00 bits per heavy atom. The van der Waals surface area contributed by atoms with Crippen LogP contribution in [-0.2, 0) is 9.84 Å². The molecule has 0 spiro atoms. The predicted octanol–water partition coefficient (Wildman–Crippen LogP) is 0.939.